The van der Waals surface area contributed by atoms with Crippen molar-refractivity contribution < 1.29 is 0 Å². The third kappa shape index (κ3) is 24.2. The monoisotopic (exact) mass is 568 g/mol. The number of aromatic nitrogens is 3. The van der Waals surface area contributed by atoms with E-state index < -0.39 is 17.1 Å². The first-order chi connectivity index (χ1) is 17.5. The molecule has 0 amide bonds. The zero-order valence-electron chi connectivity index (χ0n) is 29.9. The highest BCUT2D eigenvalue weighted by Gasteiger charge is 2.19. The van der Waals surface area contributed by atoms with Crippen molar-refractivity contribution in [1.82, 2.24) is 13.7 Å². The van der Waals surface area contributed by atoms with Crippen LogP contribution in [0.25, 0.3) is 0 Å². The van der Waals surface area contributed by atoms with Gasteiger partial charge < -0.3 is 0 Å². The van der Waals surface area contributed by atoms with Gasteiger partial charge in [0.1, 0.15) is 0 Å². The van der Waals surface area contributed by atoms with Gasteiger partial charge in [-0.05, 0) is 65.6 Å². The van der Waals surface area contributed by atoms with Crippen molar-refractivity contribution in [2.75, 3.05) is 0 Å². The van der Waals surface area contributed by atoms with Crippen LogP contribution in [0.15, 0.2) is 14.4 Å². The lowest BCUT2D eigenvalue weighted by molar-refractivity contribution is 0.321. The first kappa shape index (κ1) is 40.5. The topological polar surface area (TPSA) is 66.0 Å². The van der Waals surface area contributed by atoms with Gasteiger partial charge in [0.15, 0.2) is 0 Å². The van der Waals surface area contributed by atoms with Gasteiger partial charge in [0, 0.05) is 19.6 Å². The molecule has 1 rings (SSSR count). The number of hydrogen-bond donors (Lipinski definition) is 0. The zero-order valence-corrected chi connectivity index (χ0v) is 29.9. The maximum Gasteiger partial charge on any atom is 0.336 e. The van der Waals surface area contributed by atoms with Gasteiger partial charge in [0.2, 0.25) is 0 Å². The van der Waals surface area contributed by atoms with Crippen LogP contribution in [0.2, 0.25) is 0 Å². The summed E-state index contributed by atoms with van der Waals surface area (Å²) in [7, 11) is 0. The van der Waals surface area contributed by atoms with Crippen LogP contribution in [0.4, 0.5) is 0 Å². The molecule has 0 aliphatic rings. The number of nitrogens with zero attached hydrogens (tertiary/aromatic N) is 3. The van der Waals surface area contributed by atoms with Crippen molar-refractivity contribution in [3.05, 3.63) is 31.5 Å². The normalized spacial score (nSPS) is 12.8. The summed E-state index contributed by atoms with van der Waals surface area (Å²) in [6.07, 6.45) is 4.94. The quantitative estimate of drug-likeness (QED) is 0.299. The van der Waals surface area contributed by atoms with Gasteiger partial charge in [-0.2, -0.15) is 0 Å². The Morgan fingerprint density at radius 1 is 0.375 bits per heavy atom. The van der Waals surface area contributed by atoms with Crippen molar-refractivity contribution in [2.24, 2.45) is 27.1 Å². The Bertz CT molecular complexity index is 854. The maximum absolute atomic E-state index is 13.0. The third-order valence-corrected chi connectivity index (χ3v) is 5.31. The summed E-state index contributed by atoms with van der Waals surface area (Å²) in [6, 6.07) is 0. The van der Waals surface area contributed by atoms with Gasteiger partial charge in [-0.3, -0.25) is 0 Å². The van der Waals surface area contributed by atoms with Gasteiger partial charge in [0.25, 0.3) is 0 Å². The summed E-state index contributed by atoms with van der Waals surface area (Å²) in [5, 5.41) is 0. The predicted molar refractivity (Wildman–Crippen MR) is 176 cm³/mol. The van der Waals surface area contributed by atoms with Crippen LogP contribution in [-0.4, -0.2) is 13.7 Å². The lowest BCUT2D eigenvalue weighted by atomic mass is 9.90. The highest BCUT2D eigenvalue weighted by atomic mass is 16.2. The minimum Gasteiger partial charge on any atom is -0.247 e. The molecule has 1 heterocycles. The number of hydrogen-bond acceptors (Lipinski definition) is 3. The first-order valence-electron chi connectivity index (χ1n) is 15.5. The zero-order chi connectivity index (χ0) is 32.3. The van der Waals surface area contributed by atoms with Gasteiger partial charge >= 0.3 is 17.1 Å². The molecule has 0 N–H and O–H groups in total. The van der Waals surface area contributed by atoms with Gasteiger partial charge in [-0.1, -0.05) is 118 Å². The average molecular weight is 568 g/mol. The summed E-state index contributed by atoms with van der Waals surface area (Å²) >= 11 is 0. The van der Waals surface area contributed by atoms with Crippen LogP contribution in [0, 0.1) is 27.1 Å². The molecule has 0 aliphatic heterocycles. The van der Waals surface area contributed by atoms with E-state index in [1.54, 1.807) is 0 Å². The summed E-state index contributed by atoms with van der Waals surface area (Å²) in [5.74, 6) is 0. The van der Waals surface area contributed by atoms with E-state index in [9.17, 15) is 14.4 Å². The molecular formula is C34H69N3O3. The predicted octanol–water partition coefficient (Wildman–Crippen LogP) is 8.76. The SMILES string of the molecule is CC(C)(C)C.CC(C)(C)C.CC(C)(C)CCCn1c(=O)n(CCCC(C)(C)C)c(=O)n(CCCC(C)(C)C)c1=O. The summed E-state index contributed by atoms with van der Waals surface area (Å²) < 4.78 is 3.84. The second-order valence-corrected chi connectivity index (χ2v) is 18.3. The molecule has 1 aromatic heterocycles. The smallest absolute Gasteiger partial charge is 0.247 e. The first-order valence-corrected chi connectivity index (χ1v) is 15.5. The van der Waals surface area contributed by atoms with Crippen LogP contribution in [0.5, 0.6) is 0 Å². The minimum absolute atomic E-state index is 0.135. The van der Waals surface area contributed by atoms with Crippen LogP contribution >= 0.6 is 0 Å². The molecule has 0 aliphatic carbocycles. The highest BCUT2D eigenvalue weighted by molar-refractivity contribution is 4.80. The molecule has 0 fully saturated rings. The summed E-state index contributed by atoms with van der Waals surface area (Å²) in [6.45, 7) is 37.9. The molecule has 238 valence electrons. The van der Waals surface area contributed by atoms with Crippen LogP contribution in [0.3, 0.4) is 0 Å². The molecule has 40 heavy (non-hydrogen) atoms. The summed E-state index contributed by atoms with van der Waals surface area (Å²) in [5.41, 5.74) is 0.0309. The second kappa shape index (κ2) is 16.2. The van der Waals surface area contributed by atoms with E-state index in [-0.39, 0.29) is 16.2 Å². The van der Waals surface area contributed by atoms with Crippen LogP contribution in [-0.2, 0) is 19.6 Å². The number of rotatable bonds is 9. The summed E-state index contributed by atoms with van der Waals surface area (Å²) in [4.78, 5) is 39.1. The molecule has 0 radical (unpaired) electrons. The Balaban J connectivity index is 0. The minimum atomic E-state index is -0.458. The molecule has 1 aromatic rings. The lowest BCUT2D eigenvalue weighted by Gasteiger charge is -2.21. The average Bonchev–Trinajstić information content (AvgIpc) is 2.64. The Hall–Kier alpha value is -1.59. The van der Waals surface area contributed by atoms with Crippen molar-refractivity contribution in [2.45, 2.75) is 176 Å². The van der Waals surface area contributed by atoms with Crippen molar-refractivity contribution >= 4 is 0 Å². The fraction of sp³-hybridized carbons (Fsp3) is 0.912. The molecule has 0 unspecified atom stereocenters. The van der Waals surface area contributed by atoms with Crippen molar-refractivity contribution in [3.8, 4) is 0 Å². The fourth-order valence-electron chi connectivity index (χ4n) is 3.56. The van der Waals surface area contributed by atoms with E-state index in [4.69, 9.17) is 0 Å². The third-order valence-electron chi connectivity index (χ3n) is 5.31. The van der Waals surface area contributed by atoms with Crippen molar-refractivity contribution in [1.29, 1.82) is 0 Å². The van der Waals surface area contributed by atoms with E-state index in [0.29, 0.717) is 30.5 Å². The van der Waals surface area contributed by atoms with Crippen molar-refractivity contribution in [3.63, 3.8) is 0 Å². The molecular weight excluding hydrogens is 498 g/mol. The van der Waals surface area contributed by atoms with Crippen LogP contribution < -0.4 is 17.1 Å². The second-order valence-electron chi connectivity index (χ2n) is 18.3. The molecule has 0 spiro atoms. The van der Waals surface area contributed by atoms with E-state index in [2.05, 4.69) is 118 Å². The molecule has 0 atom stereocenters. The Morgan fingerprint density at radius 3 is 0.650 bits per heavy atom. The Kier molecular flexibility index (Phi) is 16.4. The fourth-order valence-corrected chi connectivity index (χ4v) is 3.56. The van der Waals surface area contributed by atoms with E-state index >= 15 is 0 Å². The van der Waals surface area contributed by atoms with Gasteiger partial charge in [-0.15, -0.1) is 0 Å². The van der Waals surface area contributed by atoms with Gasteiger partial charge in [0.05, 0.1) is 0 Å². The molecule has 6 nitrogen and oxygen atoms in total. The lowest BCUT2D eigenvalue weighted by Crippen LogP contribution is -2.54. The standard InChI is InChI=1S/C24H45N3O3.2C5H12/c1-22(2,3)13-10-16-25-19(28)26(17-11-14-23(4,5)6)21(30)27(20(25)29)18-12-15-24(7,8)9;2*1-5(2,3)4/h10-18H2,1-9H3;2*1-4H3. The Labute approximate surface area is 248 Å². The molecule has 0 bridgehead atoms. The molecule has 0 aromatic carbocycles. The Morgan fingerprint density at radius 2 is 0.525 bits per heavy atom. The molecule has 6 heteroatoms. The highest BCUT2D eigenvalue weighted by Crippen LogP contribution is 2.22. The largest absolute Gasteiger partial charge is 0.336 e. The van der Waals surface area contributed by atoms with E-state index in [1.165, 1.54) is 13.7 Å². The molecule has 0 saturated heterocycles. The molecule has 0 saturated carbocycles. The van der Waals surface area contributed by atoms with Gasteiger partial charge in [-0.25, -0.2) is 28.1 Å². The van der Waals surface area contributed by atoms with E-state index in [1.807, 2.05) is 0 Å². The van der Waals surface area contributed by atoms with Crippen LogP contribution in [0.1, 0.15) is 156 Å². The maximum atomic E-state index is 13.0. The van der Waals surface area contributed by atoms with E-state index in [0.717, 1.165) is 38.5 Å².